The maximum atomic E-state index is 3.57. The van der Waals surface area contributed by atoms with Crippen LogP contribution >= 0.6 is 12.4 Å². The number of rotatable bonds is 5. The van der Waals surface area contributed by atoms with Crippen LogP contribution in [0.15, 0.2) is 91.0 Å². The number of nitrogens with zero attached hydrogens (tertiary/aromatic N) is 1. The van der Waals surface area contributed by atoms with Gasteiger partial charge in [0, 0.05) is 19.1 Å². The van der Waals surface area contributed by atoms with Gasteiger partial charge in [0.05, 0.1) is 5.54 Å². The van der Waals surface area contributed by atoms with Crippen molar-refractivity contribution in [3.05, 3.63) is 108 Å². The van der Waals surface area contributed by atoms with Gasteiger partial charge in [0.25, 0.3) is 0 Å². The molecule has 4 rings (SSSR count). The third-order valence-corrected chi connectivity index (χ3v) is 6.38. The van der Waals surface area contributed by atoms with Crippen LogP contribution in [-0.2, 0) is 5.54 Å². The topological polar surface area (TPSA) is 15.3 Å². The summed E-state index contributed by atoms with van der Waals surface area (Å²) in [7, 11) is 2.10. The monoisotopic (exact) mass is 444 g/mol. The van der Waals surface area contributed by atoms with Crippen LogP contribution in [-0.4, -0.2) is 48.4 Å². The summed E-state index contributed by atoms with van der Waals surface area (Å²) in [5.74, 6) is 0.682. The smallest absolute Gasteiger partial charge is 1.00 e. The summed E-state index contributed by atoms with van der Waals surface area (Å²) in [5, 5.41) is 3.57. The summed E-state index contributed by atoms with van der Waals surface area (Å²) in [5.41, 5.74) is 3.70. The molecule has 0 radical (unpaired) electrons. The summed E-state index contributed by atoms with van der Waals surface area (Å²) in [6.07, 6.45) is 1.19. The van der Waals surface area contributed by atoms with Crippen LogP contribution in [0.4, 0.5) is 0 Å². The molecule has 0 saturated carbocycles. The number of likely N-dealkylation sites (N-methyl/N-ethyl adjacent to an activating group) is 1. The summed E-state index contributed by atoms with van der Waals surface area (Å²) < 4.78 is 0. The van der Waals surface area contributed by atoms with E-state index in [9.17, 15) is 0 Å². The summed E-state index contributed by atoms with van der Waals surface area (Å²) in [4.78, 5) is 2.69. The fourth-order valence-corrected chi connectivity index (χ4v) is 4.84. The van der Waals surface area contributed by atoms with Gasteiger partial charge in [-0.15, -0.1) is 12.4 Å². The molecule has 3 aromatic carbocycles. The van der Waals surface area contributed by atoms with Crippen molar-refractivity contribution < 1.29 is 20.3 Å². The van der Waals surface area contributed by atoms with Gasteiger partial charge >= 0.3 is 18.9 Å². The van der Waals surface area contributed by atoms with E-state index in [0.29, 0.717) is 12.0 Å². The zero-order chi connectivity index (χ0) is 19.4. The Hall–Kier alpha value is -1.00. The average Bonchev–Trinajstić information content (AvgIpc) is 2.77. The average molecular weight is 445 g/mol. The second kappa shape index (κ2) is 12.9. The molecule has 1 N–H and O–H groups in total. The van der Waals surface area contributed by atoms with E-state index in [1.165, 1.54) is 23.1 Å². The quantitative estimate of drug-likeness (QED) is 0.471. The summed E-state index contributed by atoms with van der Waals surface area (Å²) >= 11 is 0. The normalized spacial score (nSPS) is 18.8. The van der Waals surface area contributed by atoms with Crippen molar-refractivity contribution in [1.29, 1.82) is 0 Å². The summed E-state index contributed by atoms with van der Waals surface area (Å²) in [6.45, 7) is 4.47. The second-order valence-electron chi connectivity index (χ2n) is 7.92. The predicted octanol–water partition coefficient (Wildman–Crippen LogP) is 1.26. The summed E-state index contributed by atoms with van der Waals surface area (Å²) in [6, 6.07) is 33.5. The van der Waals surface area contributed by atoms with E-state index in [-0.39, 0.29) is 55.6 Å². The minimum Gasteiger partial charge on any atom is -1.00 e. The van der Waals surface area contributed by atoms with Crippen LogP contribution in [0, 0.1) is 5.92 Å². The van der Waals surface area contributed by atoms with E-state index < -0.39 is 0 Å². The van der Waals surface area contributed by atoms with E-state index in [0.717, 1.165) is 13.1 Å². The molecule has 2 nitrogen and oxygen atoms in total. The molecule has 1 heterocycles. The number of hydrogen-bond acceptors (Lipinski definition) is 2. The Balaban J connectivity index is 0.00000240. The van der Waals surface area contributed by atoms with Gasteiger partial charge in [-0.3, -0.25) is 4.90 Å². The van der Waals surface area contributed by atoms with Gasteiger partial charge in [0.2, 0.25) is 0 Å². The van der Waals surface area contributed by atoms with Crippen LogP contribution in [0.1, 0.15) is 31.5 Å². The van der Waals surface area contributed by atoms with Crippen molar-refractivity contribution in [3.8, 4) is 0 Å². The molecule has 0 spiro atoms. The van der Waals surface area contributed by atoms with Crippen LogP contribution in [0.2, 0.25) is 0 Å². The van der Waals surface area contributed by atoms with Gasteiger partial charge in [-0.25, -0.2) is 0 Å². The number of likely N-dealkylation sites (tertiary alicyclic amines) is 1. The Kier molecular flexibility index (Phi) is 11.7. The molecular formula is C26H35AlClLiN2. The van der Waals surface area contributed by atoms with E-state index in [1.807, 2.05) is 0 Å². The van der Waals surface area contributed by atoms with Gasteiger partial charge in [-0.05, 0) is 36.1 Å². The third kappa shape index (κ3) is 5.50. The number of halogens is 1. The second-order valence-corrected chi connectivity index (χ2v) is 7.92. The van der Waals surface area contributed by atoms with Crippen LogP contribution in [0.25, 0.3) is 0 Å². The Morgan fingerprint density at radius 3 is 1.55 bits per heavy atom. The van der Waals surface area contributed by atoms with Crippen molar-refractivity contribution in [3.63, 3.8) is 0 Å². The molecule has 1 fully saturated rings. The number of hydrogen-bond donors (Lipinski definition) is 1. The molecule has 31 heavy (non-hydrogen) atoms. The standard InChI is InChI=1S/C26H30N2.Al.ClH.Li.4H/c1-21-18-19-28(20-25(21)27-2)26(22-12-6-3-7-13-22,23-14-8-4-9-15-23)24-16-10-5-11-17-24;;;;;;;/h3-17,21,25,27H,18-20H2,1-2H3;;1H;;;;;/q;;;+1;;;;-1. The molecule has 1 aliphatic rings. The first-order chi connectivity index (χ1) is 13.8. The molecule has 1 aliphatic heterocycles. The third-order valence-electron chi connectivity index (χ3n) is 6.38. The van der Waals surface area contributed by atoms with Gasteiger partial charge < -0.3 is 6.74 Å². The van der Waals surface area contributed by atoms with Crippen molar-refractivity contribution in [2.45, 2.75) is 24.9 Å². The molecule has 0 amide bonds. The molecule has 160 valence electrons. The van der Waals surface area contributed by atoms with E-state index in [1.54, 1.807) is 0 Å². The molecule has 0 aliphatic carbocycles. The Bertz CT molecular complexity index is 789. The van der Waals surface area contributed by atoms with Gasteiger partial charge in [0.1, 0.15) is 0 Å². The predicted molar refractivity (Wildman–Crippen MR) is 136 cm³/mol. The fraction of sp³-hybridized carbons (Fsp3) is 0.308. The van der Waals surface area contributed by atoms with E-state index in [4.69, 9.17) is 0 Å². The van der Waals surface area contributed by atoms with Crippen molar-refractivity contribution in [2.24, 2.45) is 5.92 Å². The van der Waals surface area contributed by atoms with E-state index >= 15 is 0 Å². The number of piperidine rings is 1. The fourth-order valence-electron chi connectivity index (χ4n) is 4.84. The Labute approximate surface area is 218 Å². The van der Waals surface area contributed by atoms with Crippen molar-refractivity contribution >= 4 is 29.8 Å². The van der Waals surface area contributed by atoms with Crippen LogP contribution in [0.3, 0.4) is 0 Å². The van der Waals surface area contributed by atoms with Crippen molar-refractivity contribution in [2.75, 3.05) is 20.1 Å². The number of nitrogens with one attached hydrogen (secondary N) is 1. The van der Waals surface area contributed by atoms with Gasteiger partial charge in [0.15, 0.2) is 17.4 Å². The zero-order valence-corrected chi connectivity index (χ0v) is 19.1. The molecule has 0 aromatic heterocycles. The van der Waals surface area contributed by atoms with Crippen LogP contribution in [0.5, 0.6) is 0 Å². The molecule has 3 aromatic rings. The first kappa shape index (κ1) is 28.0. The molecular weight excluding hydrogens is 410 g/mol. The molecule has 0 bridgehead atoms. The first-order valence-corrected chi connectivity index (χ1v) is 10.4. The maximum absolute atomic E-state index is 3.57. The van der Waals surface area contributed by atoms with E-state index in [2.05, 4.69) is 115 Å². The molecule has 5 heteroatoms. The minimum absolute atomic E-state index is 0. The SMILES string of the molecule is CNC1CN(C(c2ccccc2)(c2ccccc2)c2ccccc2)CCC1C.Cl.[AlH3].[H-].[Li+]. The first-order valence-electron chi connectivity index (χ1n) is 10.4. The molecule has 1 saturated heterocycles. The zero-order valence-electron chi connectivity index (χ0n) is 19.3. The minimum atomic E-state index is -0.293. The molecule has 2 unspecified atom stereocenters. The number of benzene rings is 3. The maximum Gasteiger partial charge on any atom is 1.00 e. The van der Waals surface area contributed by atoms with Crippen molar-refractivity contribution in [1.82, 2.24) is 10.2 Å². The van der Waals surface area contributed by atoms with Gasteiger partial charge in [-0.2, -0.15) is 0 Å². The Morgan fingerprint density at radius 2 is 1.19 bits per heavy atom. The van der Waals surface area contributed by atoms with Crippen LogP contribution < -0.4 is 24.2 Å². The van der Waals surface area contributed by atoms with Gasteiger partial charge in [-0.1, -0.05) is 97.9 Å². The Morgan fingerprint density at radius 1 is 0.806 bits per heavy atom. The molecule has 2 atom stereocenters. The largest absolute Gasteiger partial charge is 1.00 e.